The number of aromatic nitrogens is 6. The zero-order valence-corrected chi connectivity index (χ0v) is 12.9. The minimum absolute atomic E-state index is 0.406. The lowest BCUT2D eigenvalue weighted by Crippen LogP contribution is -1.95. The van der Waals surface area contributed by atoms with Crippen LogP contribution in [0.4, 0.5) is 0 Å². The molecule has 118 valence electrons. The second-order valence-corrected chi connectivity index (χ2v) is 5.75. The Morgan fingerprint density at radius 2 is 2.04 bits per heavy atom. The average Bonchev–Trinajstić information content (AvgIpc) is 3.34. The lowest BCUT2D eigenvalue weighted by atomic mass is 10.0. The summed E-state index contributed by atoms with van der Waals surface area (Å²) < 4.78 is 10.9. The Labute approximate surface area is 135 Å². The molecule has 1 aliphatic rings. The first-order valence-electron chi connectivity index (χ1n) is 7.71. The lowest BCUT2D eigenvalue weighted by molar-refractivity contribution is 0.432. The van der Waals surface area contributed by atoms with Crippen LogP contribution >= 0.6 is 0 Å². The van der Waals surface area contributed by atoms with Gasteiger partial charge in [-0.15, -0.1) is 5.10 Å². The highest BCUT2D eigenvalue weighted by atomic mass is 16.5. The molecule has 4 aromatic rings. The molecule has 0 spiro atoms. The van der Waals surface area contributed by atoms with Crippen LogP contribution in [0, 0.1) is 6.92 Å². The maximum atomic E-state index is 5.54. The van der Waals surface area contributed by atoms with Gasteiger partial charge >= 0.3 is 0 Å². The van der Waals surface area contributed by atoms with Gasteiger partial charge in [0.2, 0.25) is 5.82 Å². The molecule has 0 saturated heterocycles. The minimum atomic E-state index is 0.406. The predicted molar refractivity (Wildman–Crippen MR) is 82.9 cm³/mol. The third kappa shape index (κ3) is 1.86. The number of hydrogen-bond donors (Lipinski definition) is 0. The standard InChI is InChI=1S/C16H12N6O2/c1-8-12-13(9-4-2-5-10(9)18-15(12)23-21-8)16-19-14(22-24-16)11-6-3-7-17-20-11/h3,6-7H,2,4-5H2,1H3. The molecular weight excluding hydrogens is 308 g/mol. The van der Waals surface area contributed by atoms with Crippen LogP contribution in [0.5, 0.6) is 0 Å². The minimum Gasteiger partial charge on any atom is -0.336 e. The van der Waals surface area contributed by atoms with E-state index in [4.69, 9.17) is 9.05 Å². The highest BCUT2D eigenvalue weighted by molar-refractivity contribution is 5.94. The predicted octanol–water partition coefficient (Wildman–Crippen LogP) is 2.53. The molecule has 0 saturated carbocycles. The molecule has 0 amide bonds. The Kier molecular flexibility index (Phi) is 2.72. The van der Waals surface area contributed by atoms with Crippen LogP contribution in [-0.4, -0.2) is 30.5 Å². The van der Waals surface area contributed by atoms with Gasteiger partial charge in [0.25, 0.3) is 11.6 Å². The zero-order chi connectivity index (χ0) is 16.1. The maximum absolute atomic E-state index is 5.54. The molecule has 0 N–H and O–H groups in total. The van der Waals surface area contributed by atoms with Gasteiger partial charge in [-0.3, -0.25) is 0 Å². The van der Waals surface area contributed by atoms with Gasteiger partial charge in [-0.1, -0.05) is 10.3 Å². The number of pyridine rings is 1. The lowest BCUT2D eigenvalue weighted by Gasteiger charge is -2.05. The summed E-state index contributed by atoms with van der Waals surface area (Å²) in [5, 5.41) is 16.8. The molecule has 0 aromatic carbocycles. The Bertz CT molecular complexity index is 1050. The van der Waals surface area contributed by atoms with Crippen molar-refractivity contribution < 1.29 is 9.05 Å². The van der Waals surface area contributed by atoms with Gasteiger partial charge in [0, 0.05) is 11.9 Å². The van der Waals surface area contributed by atoms with Gasteiger partial charge in [-0.25, -0.2) is 4.98 Å². The summed E-state index contributed by atoms with van der Waals surface area (Å²) in [6, 6.07) is 3.57. The third-order valence-electron chi connectivity index (χ3n) is 4.26. The molecule has 24 heavy (non-hydrogen) atoms. The van der Waals surface area contributed by atoms with Crippen LogP contribution in [0.2, 0.25) is 0 Å². The summed E-state index contributed by atoms with van der Waals surface area (Å²) in [6.07, 6.45) is 4.51. The van der Waals surface area contributed by atoms with E-state index in [1.807, 2.05) is 6.92 Å². The Balaban J connectivity index is 1.75. The SMILES string of the molecule is Cc1noc2nc3c(c(-c4nc(-c5cccnn5)no4)c12)CCC3. The highest BCUT2D eigenvalue weighted by Gasteiger charge is 2.27. The summed E-state index contributed by atoms with van der Waals surface area (Å²) in [6.45, 7) is 1.89. The molecule has 1 aliphatic carbocycles. The molecule has 0 fully saturated rings. The fourth-order valence-electron chi connectivity index (χ4n) is 3.20. The first-order chi connectivity index (χ1) is 11.8. The fraction of sp³-hybridized carbons (Fsp3) is 0.250. The smallest absolute Gasteiger partial charge is 0.259 e. The monoisotopic (exact) mass is 320 g/mol. The molecule has 8 nitrogen and oxygen atoms in total. The van der Waals surface area contributed by atoms with Gasteiger partial charge in [0.05, 0.1) is 16.6 Å². The van der Waals surface area contributed by atoms with E-state index in [2.05, 4.69) is 30.5 Å². The van der Waals surface area contributed by atoms with Crippen LogP contribution in [0.3, 0.4) is 0 Å². The molecule has 8 heteroatoms. The van der Waals surface area contributed by atoms with Gasteiger partial charge in [-0.2, -0.15) is 10.1 Å². The van der Waals surface area contributed by atoms with Gasteiger partial charge in [0.1, 0.15) is 5.69 Å². The number of rotatable bonds is 2. The van der Waals surface area contributed by atoms with Crippen LogP contribution in [0.1, 0.15) is 23.4 Å². The Morgan fingerprint density at radius 1 is 1.08 bits per heavy atom. The molecule has 0 bridgehead atoms. The molecule has 0 atom stereocenters. The maximum Gasteiger partial charge on any atom is 0.259 e. The third-order valence-corrected chi connectivity index (χ3v) is 4.26. The number of fused-ring (bicyclic) bond motifs is 2. The van der Waals surface area contributed by atoms with Crippen LogP contribution < -0.4 is 0 Å². The van der Waals surface area contributed by atoms with E-state index in [1.165, 1.54) is 0 Å². The first kappa shape index (κ1) is 13.3. The Morgan fingerprint density at radius 3 is 2.92 bits per heavy atom. The zero-order valence-electron chi connectivity index (χ0n) is 12.9. The van der Waals surface area contributed by atoms with Crippen molar-refractivity contribution in [1.29, 1.82) is 0 Å². The quantitative estimate of drug-likeness (QED) is 0.555. The van der Waals surface area contributed by atoms with Gasteiger partial charge in [0.15, 0.2) is 0 Å². The summed E-state index contributed by atoms with van der Waals surface area (Å²) in [5.74, 6) is 0.844. The molecule has 0 radical (unpaired) electrons. The molecule has 4 aromatic heterocycles. The molecular formula is C16H12N6O2. The van der Waals surface area contributed by atoms with Crippen molar-refractivity contribution in [3.63, 3.8) is 0 Å². The van der Waals surface area contributed by atoms with E-state index < -0.39 is 0 Å². The number of aryl methyl sites for hydroxylation is 2. The molecule has 4 heterocycles. The van der Waals surface area contributed by atoms with E-state index in [9.17, 15) is 0 Å². The molecule has 0 aliphatic heterocycles. The number of hydrogen-bond acceptors (Lipinski definition) is 8. The van der Waals surface area contributed by atoms with Crippen molar-refractivity contribution in [2.45, 2.75) is 26.2 Å². The van der Waals surface area contributed by atoms with E-state index >= 15 is 0 Å². The van der Waals surface area contributed by atoms with Crippen molar-refractivity contribution >= 4 is 11.1 Å². The molecule has 0 unspecified atom stereocenters. The molecule has 5 rings (SSSR count). The number of nitrogens with zero attached hydrogens (tertiary/aromatic N) is 6. The normalized spacial score (nSPS) is 13.5. The van der Waals surface area contributed by atoms with Crippen LogP contribution in [0.25, 0.3) is 34.1 Å². The summed E-state index contributed by atoms with van der Waals surface area (Å²) in [5.41, 5.74) is 4.89. The van der Waals surface area contributed by atoms with Gasteiger partial charge < -0.3 is 9.05 Å². The average molecular weight is 320 g/mol. The van der Waals surface area contributed by atoms with Crippen molar-refractivity contribution in [1.82, 2.24) is 30.5 Å². The van der Waals surface area contributed by atoms with E-state index in [-0.39, 0.29) is 0 Å². The van der Waals surface area contributed by atoms with Gasteiger partial charge in [-0.05, 0) is 43.9 Å². The van der Waals surface area contributed by atoms with Crippen LogP contribution in [-0.2, 0) is 12.8 Å². The first-order valence-corrected chi connectivity index (χ1v) is 7.71. The van der Waals surface area contributed by atoms with Crippen molar-refractivity contribution in [2.24, 2.45) is 0 Å². The second-order valence-electron chi connectivity index (χ2n) is 5.75. The summed E-state index contributed by atoms with van der Waals surface area (Å²) in [4.78, 5) is 9.11. The summed E-state index contributed by atoms with van der Waals surface area (Å²) in [7, 11) is 0. The highest BCUT2D eigenvalue weighted by Crippen LogP contribution is 2.38. The van der Waals surface area contributed by atoms with Crippen molar-refractivity contribution in [3.05, 3.63) is 35.3 Å². The summed E-state index contributed by atoms with van der Waals surface area (Å²) >= 11 is 0. The Hall–Kier alpha value is -3.16. The topological polar surface area (TPSA) is 104 Å². The second kappa shape index (κ2) is 4.92. The largest absolute Gasteiger partial charge is 0.336 e. The van der Waals surface area contributed by atoms with Crippen molar-refractivity contribution in [3.8, 4) is 23.0 Å². The van der Waals surface area contributed by atoms with E-state index in [1.54, 1.807) is 18.3 Å². The van der Waals surface area contributed by atoms with Crippen molar-refractivity contribution in [2.75, 3.05) is 0 Å². The van der Waals surface area contributed by atoms with E-state index in [0.717, 1.165) is 47.2 Å². The van der Waals surface area contributed by atoms with Crippen LogP contribution in [0.15, 0.2) is 27.4 Å². The fourth-order valence-corrected chi connectivity index (χ4v) is 3.20. The van der Waals surface area contributed by atoms with E-state index in [0.29, 0.717) is 23.1 Å².